The van der Waals surface area contributed by atoms with Gasteiger partial charge in [-0.15, -0.1) is 0 Å². The number of carbonyl (C=O) groups is 1. The molecule has 1 aliphatic rings. The van der Waals surface area contributed by atoms with Crippen molar-refractivity contribution >= 4 is 22.4 Å². The average molecular weight is 282 g/mol. The molecule has 2 rings (SSSR count). The van der Waals surface area contributed by atoms with Crippen molar-refractivity contribution in [2.45, 2.75) is 13.0 Å². The number of nitrogens with one attached hydrogen (secondary N) is 2. The summed E-state index contributed by atoms with van der Waals surface area (Å²) in [4.78, 5) is 11.2. The Kier molecular flexibility index (Phi) is 4.93. The zero-order valence-corrected chi connectivity index (χ0v) is 11.7. The fraction of sp³-hybridized carbons (Fsp3) is 0.462. The summed E-state index contributed by atoms with van der Waals surface area (Å²) in [6.07, 6.45) is 2.61. The maximum absolute atomic E-state index is 11.2. The molecule has 1 aromatic carbocycles. The van der Waals surface area contributed by atoms with Gasteiger partial charge in [-0.05, 0) is 30.7 Å². The molecule has 6 heteroatoms. The zero-order chi connectivity index (χ0) is 13.7. The molecule has 1 atom stereocenters. The van der Waals surface area contributed by atoms with Crippen LogP contribution in [0.5, 0.6) is 5.75 Å². The molecule has 0 radical (unpaired) electrons. The first kappa shape index (κ1) is 14.0. The molecule has 0 spiro atoms. The molecule has 0 bridgehead atoms. The number of ether oxygens (including phenoxy) is 1. The molecule has 0 fully saturated rings. The van der Waals surface area contributed by atoms with Gasteiger partial charge in [-0.25, -0.2) is 0 Å². The highest BCUT2D eigenvalue weighted by Crippen LogP contribution is 2.28. The van der Waals surface area contributed by atoms with E-state index in [1.807, 2.05) is 18.2 Å². The Bertz CT molecular complexity index is 491. The predicted octanol–water partition coefficient (Wildman–Crippen LogP) is 0.876. The Morgan fingerprint density at radius 3 is 3.11 bits per heavy atom. The van der Waals surface area contributed by atoms with Gasteiger partial charge in [0.05, 0.1) is 5.69 Å². The van der Waals surface area contributed by atoms with E-state index >= 15 is 0 Å². The normalized spacial score (nSPS) is 15.3. The second-order valence-electron chi connectivity index (χ2n) is 4.48. The monoisotopic (exact) mass is 282 g/mol. The predicted molar refractivity (Wildman–Crippen MR) is 75.8 cm³/mol. The minimum Gasteiger partial charge on any atom is -0.482 e. The number of hydrogen-bond acceptors (Lipinski definition) is 4. The minimum absolute atomic E-state index is 0.0821. The Labute approximate surface area is 115 Å². The summed E-state index contributed by atoms with van der Waals surface area (Å²) in [5, 5.41) is 6.07. The Balaban J connectivity index is 1.83. The lowest BCUT2D eigenvalue weighted by atomic mass is 10.1. The lowest BCUT2D eigenvalue weighted by molar-refractivity contribution is -0.118. The van der Waals surface area contributed by atoms with Crippen LogP contribution in [0.15, 0.2) is 18.2 Å². The van der Waals surface area contributed by atoms with Crippen molar-refractivity contribution in [2.75, 3.05) is 30.5 Å². The van der Waals surface area contributed by atoms with E-state index in [0.717, 1.165) is 36.5 Å². The van der Waals surface area contributed by atoms with Crippen LogP contribution in [0, 0.1) is 0 Å². The van der Waals surface area contributed by atoms with Crippen LogP contribution < -0.4 is 15.4 Å². The van der Waals surface area contributed by atoms with E-state index in [0.29, 0.717) is 5.75 Å². The van der Waals surface area contributed by atoms with Crippen molar-refractivity contribution in [3.8, 4) is 5.75 Å². The van der Waals surface area contributed by atoms with Gasteiger partial charge < -0.3 is 15.4 Å². The molecule has 1 amide bonds. The van der Waals surface area contributed by atoms with E-state index < -0.39 is 10.8 Å². The second-order valence-corrected chi connectivity index (χ2v) is 6.03. The quantitative estimate of drug-likeness (QED) is 0.760. The SMILES string of the molecule is CS(=O)CCCNCc1ccc2c(c1)NC(=O)CO2. The molecule has 0 aromatic heterocycles. The number of amides is 1. The van der Waals surface area contributed by atoms with Crippen LogP contribution in [-0.2, 0) is 22.1 Å². The Morgan fingerprint density at radius 2 is 2.32 bits per heavy atom. The first-order chi connectivity index (χ1) is 9.15. The molecule has 19 heavy (non-hydrogen) atoms. The van der Waals surface area contributed by atoms with Gasteiger partial charge in [-0.2, -0.15) is 0 Å². The van der Waals surface area contributed by atoms with Crippen molar-refractivity contribution in [1.82, 2.24) is 5.32 Å². The summed E-state index contributed by atoms with van der Waals surface area (Å²) in [7, 11) is -0.723. The van der Waals surface area contributed by atoms with E-state index in [9.17, 15) is 9.00 Å². The van der Waals surface area contributed by atoms with Crippen LogP contribution in [0.3, 0.4) is 0 Å². The Hall–Kier alpha value is -1.40. The fourth-order valence-electron chi connectivity index (χ4n) is 1.87. The molecule has 2 N–H and O–H groups in total. The van der Waals surface area contributed by atoms with Crippen molar-refractivity contribution in [1.29, 1.82) is 0 Å². The van der Waals surface area contributed by atoms with Crippen LogP contribution in [0.1, 0.15) is 12.0 Å². The van der Waals surface area contributed by atoms with Crippen LogP contribution in [0.4, 0.5) is 5.69 Å². The topological polar surface area (TPSA) is 67.4 Å². The van der Waals surface area contributed by atoms with Crippen LogP contribution >= 0.6 is 0 Å². The smallest absolute Gasteiger partial charge is 0.262 e. The third-order valence-corrected chi connectivity index (χ3v) is 3.65. The van der Waals surface area contributed by atoms with Gasteiger partial charge in [-0.3, -0.25) is 9.00 Å². The summed E-state index contributed by atoms with van der Waals surface area (Å²) in [6.45, 7) is 1.64. The van der Waals surface area contributed by atoms with Crippen LogP contribution in [0.25, 0.3) is 0 Å². The number of carbonyl (C=O) groups excluding carboxylic acids is 1. The Morgan fingerprint density at radius 1 is 1.47 bits per heavy atom. The number of hydrogen-bond donors (Lipinski definition) is 2. The number of anilines is 1. The molecule has 1 aliphatic heterocycles. The summed E-state index contributed by atoms with van der Waals surface area (Å²) < 4.78 is 16.2. The van der Waals surface area contributed by atoms with Crippen LogP contribution in [0.2, 0.25) is 0 Å². The highest BCUT2D eigenvalue weighted by Gasteiger charge is 2.15. The van der Waals surface area contributed by atoms with Gasteiger partial charge in [0.2, 0.25) is 0 Å². The molecule has 0 saturated heterocycles. The number of fused-ring (bicyclic) bond motifs is 1. The highest BCUT2D eigenvalue weighted by molar-refractivity contribution is 7.84. The van der Waals surface area contributed by atoms with Gasteiger partial charge in [0, 0.05) is 29.4 Å². The van der Waals surface area contributed by atoms with E-state index in [4.69, 9.17) is 4.74 Å². The molecule has 1 unspecified atom stereocenters. The third kappa shape index (κ3) is 4.33. The first-order valence-electron chi connectivity index (χ1n) is 6.21. The van der Waals surface area contributed by atoms with Gasteiger partial charge in [0.25, 0.3) is 5.91 Å². The molecule has 1 heterocycles. The molecule has 5 nitrogen and oxygen atoms in total. The maximum atomic E-state index is 11.2. The fourth-order valence-corrected chi connectivity index (χ4v) is 2.42. The molecule has 0 saturated carbocycles. The highest BCUT2D eigenvalue weighted by atomic mass is 32.2. The standard InChI is InChI=1S/C13H18N2O3S/c1-19(17)6-2-5-14-8-10-3-4-12-11(7-10)15-13(16)9-18-12/h3-4,7,14H,2,5-6,8-9H2,1H3,(H,15,16). The van der Waals surface area contributed by atoms with Gasteiger partial charge in [-0.1, -0.05) is 6.07 Å². The molecule has 104 valence electrons. The van der Waals surface area contributed by atoms with E-state index in [1.54, 1.807) is 6.26 Å². The zero-order valence-electron chi connectivity index (χ0n) is 10.9. The number of benzene rings is 1. The summed E-state index contributed by atoms with van der Waals surface area (Å²) in [5.74, 6) is 1.31. The van der Waals surface area contributed by atoms with Crippen molar-refractivity contribution in [3.05, 3.63) is 23.8 Å². The molecule has 0 aliphatic carbocycles. The molecule has 1 aromatic rings. The average Bonchev–Trinajstić information content (AvgIpc) is 2.37. The molecular formula is C13H18N2O3S. The summed E-state index contributed by atoms with van der Waals surface area (Å²) >= 11 is 0. The van der Waals surface area contributed by atoms with Crippen molar-refractivity contribution in [3.63, 3.8) is 0 Å². The van der Waals surface area contributed by atoms with E-state index in [1.165, 1.54) is 0 Å². The maximum Gasteiger partial charge on any atom is 0.262 e. The van der Waals surface area contributed by atoms with Crippen LogP contribution in [-0.4, -0.2) is 35.3 Å². The van der Waals surface area contributed by atoms with Gasteiger partial charge in [0.1, 0.15) is 5.75 Å². The summed E-state index contributed by atoms with van der Waals surface area (Å²) in [6, 6.07) is 5.76. The molecular weight excluding hydrogens is 264 g/mol. The van der Waals surface area contributed by atoms with E-state index in [2.05, 4.69) is 10.6 Å². The third-order valence-electron chi connectivity index (χ3n) is 2.79. The minimum atomic E-state index is -0.723. The second kappa shape index (κ2) is 6.68. The largest absolute Gasteiger partial charge is 0.482 e. The summed E-state index contributed by atoms with van der Waals surface area (Å²) in [5.41, 5.74) is 1.81. The first-order valence-corrected chi connectivity index (χ1v) is 7.94. The van der Waals surface area contributed by atoms with Crippen molar-refractivity contribution < 1.29 is 13.7 Å². The lowest BCUT2D eigenvalue weighted by Crippen LogP contribution is -2.25. The van der Waals surface area contributed by atoms with Crippen molar-refractivity contribution in [2.24, 2.45) is 0 Å². The lowest BCUT2D eigenvalue weighted by Gasteiger charge is -2.18. The van der Waals surface area contributed by atoms with E-state index in [-0.39, 0.29) is 12.5 Å². The van der Waals surface area contributed by atoms with Gasteiger partial charge >= 0.3 is 0 Å². The van der Waals surface area contributed by atoms with Gasteiger partial charge in [0.15, 0.2) is 6.61 Å². The number of rotatable bonds is 6.